The van der Waals surface area contributed by atoms with Gasteiger partial charge in [-0.2, -0.15) is 0 Å². The number of hydrogen-bond donors (Lipinski definition) is 1. The van der Waals surface area contributed by atoms with Gasteiger partial charge in [-0.05, 0) is 36.8 Å². The van der Waals surface area contributed by atoms with Gasteiger partial charge >= 0.3 is 0 Å². The standard InChI is InChI=1S/C14H19NO2/c15-10-14(16-7-2-8-17-14)13-6-5-11-3-1-4-12(11)9-13/h5-6,9H,1-4,7-8,10,15H2. The number of benzene rings is 1. The summed E-state index contributed by atoms with van der Waals surface area (Å²) in [5, 5.41) is 0. The fourth-order valence-corrected chi connectivity index (χ4v) is 2.79. The predicted octanol–water partition coefficient (Wildman–Crippen LogP) is 1.72. The zero-order chi connectivity index (χ0) is 11.7. The van der Waals surface area contributed by atoms with E-state index in [0.717, 1.165) is 25.2 Å². The highest BCUT2D eigenvalue weighted by molar-refractivity contribution is 5.37. The number of rotatable bonds is 2. The Balaban J connectivity index is 1.96. The van der Waals surface area contributed by atoms with E-state index < -0.39 is 5.79 Å². The minimum absolute atomic E-state index is 0.381. The Bertz CT molecular complexity index is 411. The van der Waals surface area contributed by atoms with Crippen LogP contribution in [0.4, 0.5) is 0 Å². The summed E-state index contributed by atoms with van der Waals surface area (Å²) in [7, 11) is 0. The van der Waals surface area contributed by atoms with Gasteiger partial charge in [-0.3, -0.25) is 0 Å². The van der Waals surface area contributed by atoms with E-state index in [2.05, 4.69) is 18.2 Å². The molecule has 2 aliphatic rings. The molecule has 1 aliphatic heterocycles. The van der Waals surface area contributed by atoms with Crippen molar-refractivity contribution in [1.29, 1.82) is 0 Å². The smallest absolute Gasteiger partial charge is 0.207 e. The Morgan fingerprint density at radius 3 is 2.59 bits per heavy atom. The van der Waals surface area contributed by atoms with Gasteiger partial charge in [0.25, 0.3) is 0 Å². The van der Waals surface area contributed by atoms with Crippen LogP contribution in [0.5, 0.6) is 0 Å². The average Bonchev–Trinajstić information content (AvgIpc) is 2.86. The molecule has 0 radical (unpaired) electrons. The van der Waals surface area contributed by atoms with E-state index >= 15 is 0 Å². The molecule has 3 rings (SSSR count). The van der Waals surface area contributed by atoms with Crippen molar-refractivity contribution < 1.29 is 9.47 Å². The van der Waals surface area contributed by atoms with Crippen molar-refractivity contribution in [3.05, 3.63) is 34.9 Å². The van der Waals surface area contributed by atoms with E-state index in [9.17, 15) is 0 Å². The molecule has 0 saturated carbocycles. The van der Waals surface area contributed by atoms with Gasteiger partial charge in [0.05, 0.1) is 19.8 Å². The lowest BCUT2D eigenvalue weighted by molar-refractivity contribution is -0.269. The van der Waals surface area contributed by atoms with E-state index in [1.165, 1.54) is 30.4 Å². The second-order valence-electron chi connectivity index (χ2n) is 4.84. The minimum atomic E-state index is -0.699. The Morgan fingerprint density at radius 2 is 1.82 bits per heavy atom. The summed E-state index contributed by atoms with van der Waals surface area (Å²) < 4.78 is 11.6. The van der Waals surface area contributed by atoms with E-state index in [0.29, 0.717) is 6.54 Å². The molecule has 0 spiro atoms. The van der Waals surface area contributed by atoms with Crippen molar-refractivity contribution in [1.82, 2.24) is 0 Å². The van der Waals surface area contributed by atoms with Crippen LogP contribution in [0.15, 0.2) is 18.2 Å². The molecule has 2 N–H and O–H groups in total. The molecule has 1 fully saturated rings. The van der Waals surface area contributed by atoms with Crippen molar-refractivity contribution in [3.8, 4) is 0 Å². The third kappa shape index (κ3) is 1.88. The minimum Gasteiger partial charge on any atom is -0.345 e. The molecule has 3 heteroatoms. The van der Waals surface area contributed by atoms with Gasteiger partial charge < -0.3 is 15.2 Å². The summed E-state index contributed by atoms with van der Waals surface area (Å²) in [6.07, 6.45) is 4.58. The number of ether oxygens (including phenoxy) is 2. The van der Waals surface area contributed by atoms with Crippen molar-refractivity contribution >= 4 is 0 Å². The molecule has 0 unspecified atom stereocenters. The summed E-state index contributed by atoms with van der Waals surface area (Å²) in [5.41, 5.74) is 9.86. The van der Waals surface area contributed by atoms with Crippen LogP contribution in [0.2, 0.25) is 0 Å². The molecule has 0 atom stereocenters. The fourth-order valence-electron chi connectivity index (χ4n) is 2.79. The van der Waals surface area contributed by atoms with Crippen LogP contribution in [-0.2, 0) is 28.1 Å². The third-order valence-corrected chi connectivity index (χ3v) is 3.77. The number of nitrogens with two attached hydrogens (primary N) is 1. The summed E-state index contributed by atoms with van der Waals surface area (Å²) in [6.45, 7) is 1.84. The zero-order valence-corrected chi connectivity index (χ0v) is 10.1. The van der Waals surface area contributed by atoms with Gasteiger partial charge in [0.15, 0.2) is 0 Å². The monoisotopic (exact) mass is 233 g/mol. The van der Waals surface area contributed by atoms with Gasteiger partial charge in [0, 0.05) is 5.56 Å². The van der Waals surface area contributed by atoms with E-state index in [1.54, 1.807) is 0 Å². The highest BCUT2D eigenvalue weighted by Crippen LogP contribution is 2.33. The topological polar surface area (TPSA) is 44.5 Å². The predicted molar refractivity (Wildman–Crippen MR) is 65.7 cm³/mol. The van der Waals surface area contributed by atoms with Crippen molar-refractivity contribution in [2.45, 2.75) is 31.5 Å². The largest absolute Gasteiger partial charge is 0.345 e. The lowest BCUT2D eigenvalue weighted by atomic mass is 9.99. The lowest BCUT2D eigenvalue weighted by Gasteiger charge is -2.36. The molecular weight excluding hydrogens is 214 g/mol. The Hall–Kier alpha value is -0.900. The molecule has 0 aromatic heterocycles. The molecule has 1 aromatic rings. The molecule has 1 aliphatic carbocycles. The second-order valence-corrected chi connectivity index (χ2v) is 4.84. The van der Waals surface area contributed by atoms with Crippen LogP contribution in [0.3, 0.4) is 0 Å². The first-order chi connectivity index (χ1) is 8.34. The van der Waals surface area contributed by atoms with Crippen LogP contribution in [0.25, 0.3) is 0 Å². The summed E-state index contributed by atoms with van der Waals surface area (Å²) in [5.74, 6) is -0.699. The number of fused-ring (bicyclic) bond motifs is 1. The van der Waals surface area contributed by atoms with Crippen molar-refractivity contribution in [2.24, 2.45) is 5.73 Å². The zero-order valence-electron chi connectivity index (χ0n) is 10.1. The highest BCUT2D eigenvalue weighted by atomic mass is 16.7. The molecule has 92 valence electrons. The van der Waals surface area contributed by atoms with Crippen LogP contribution >= 0.6 is 0 Å². The van der Waals surface area contributed by atoms with Crippen LogP contribution in [0, 0.1) is 0 Å². The first-order valence-electron chi connectivity index (χ1n) is 6.44. The second kappa shape index (κ2) is 4.41. The molecule has 17 heavy (non-hydrogen) atoms. The van der Waals surface area contributed by atoms with E-state index in [-0.39, 0.29) is 0 Å². The molecule has 0 bridgehead atoms. The lowest BCUT2D eigenvalue weighted by Crippen LogP contribution is -2.44. The van der Waals surface area contributed by atoms with Gasteiger partial charge in [-0.25, -0.2) is 0 Å². The molecular formula is C14H19NO2. The number of hydrogen-bond acceptors (Lipinski definition) is 3. The maximum absolute atomic E-state index is 5.87. The summed E-state index contributed by atoms with van der Waals surface area (Å²) in [6, 6.07) is 6.54. The average molecular weight is 233 g/mol. The first kappa shape index (κ1) is 11.2. The molecule has 0 amide bonds. The van der Waals surface area contributed by atoms with Gasteiger partial charge in [0.1, 0.15) is 0 Å². The fraction of sp³-hybridized carbons (Fsp3) is 0.571. The SMILES string of the molecule is NCC1(c2ccc3c(c2)CCC3)OCCCO1. The number of aryl methyl sites for hydroxylation is 2. The Morgan fingerprint density at radius 1 is 1.06 bits per heavy atom. The highest BCUT2D eigenvalue weighted by Gasteiger charge is 2.35. The van der Waals surface area contributed by atoms with Crippen molar-refractivity contribution in [2.75, 3.05) is 19.8 Å². The maximum atomic E-state index is 5.87. The quantitative estimate of drug-likeness (QED) is 0.846. The Labute approximate surface area is 102 Å². The molecule has 1 heterocycles. The van der Waals surface area contributed by atoms with Crippen LogP contribution < -0.4 is 5.73 Å². The normalized spacial score (nSPS) is 22.4. The Kier molecular flexibility index (Phi) is 2.90. The van der Waals surface area contributed by atoms with Gasteiger partial charge in [-0.15, -0.1) is 0 Å². The molecule has 1 aromatic carbocycles. The summed E-state index contributed by atoms with van der Waals surface area (Å²) in [4.78, 5) is 0. The summed E-state index contributed by atoms with van der Waals surface area (Å²) >= 11 is 0. The van der Waals surface area contributed by atoms with E-state index in [4.69, 9.17) is 15.2 Å². The van der Waals surface area contributed by atoms with Crippen LogP contribution in [-0.4, -0.2) is 19.8 Å². The van der Waals surface area contributed by atoms with Gasteiger partial charge in [-0.1, -0.05) is 18.2 Å². The van der Waals surface area contributed by atoms with Crippen molar-refractivity contribution in [3.63, 3.8) is 0 Å². The van der Waals surface area contributed by atoms with E-state index in [1.807, 2.05) is 0 Å². The van der Waals surface area contributed by atoms with Gasteiger partial charge in [0.2, 0.25) is 5.79 Å². The maximum Gasteiger partial charge on any atom is 0.207 e. The third-order valence-electron chi connectivity index (χ3n) is 3.77. The molecule has 3 nitrogen and oxygen atoms in total. The van der Waals surface area contributed by atoms with Crippen LogP contribution in [0.1, 0.15) is 29.5 Å². The first-order valence-corrected chi connectivity index (χ1v) is 6.44. The molecule has 1 saturated heterocycles.